The number of hydrogen-bond acceptors (Lipinski definition) is 4. The first-order valence-corrected chi connectivity index (χ1v) is 6.89. The van der Waals surface area contributed by atoms with Gasteiger partial charge in [0.25, 0.3) is 5.91 Å². The standard InChI is InChI=1S/C14H20N4O2.2ClH/c15-10-4-6-11(7-5-10)18-13(19)9-17-14(20)12-3-1-2-8-16-12;;/h1-3,8,10-11H,4-7,9,15H2,(H,17,20)(H,18,19);2*1H. The van der Waals surface area contributed by atoms with Crippen molar-refractivity contribution in [2.24, 2.45) is 5.73 Å². The van der Waals surface area contributed by atoms with E-state index in [1.807, 2.05) is 0 Å². The van der Waals surface area contributed by atoms with Gasteiger partial charge in [0.1, 0.15) is 5.69 Å². The zero-order chi connectivity index (χ0) is 14.4. The topological polar surface area (TPSA) is 97.1 Å². The normalized spacial score (nSPS) is 20.0. The van der Waals surface area contributed by atoms with E-state index in [9.17, 15) is 9.59 Å². The van der Waals surface area contributed by atoms with Crippen LogP contribution >= 0.6 is 24.8 Å². The van der Waals surface area contributed by atoms with Gasteiger partial charge >= 0.3 is 0 Å². The van der Waals surface area contributed by atoms with E-state index in [4.69, 9.17) is 5.73 Å². The fraction of sp³-hybridized carbons (Fsp3) is 0.500. The number of rotatable bonds is 4. The second-order valence-electron chi connectivity index (χ2n) is 5.08. The lowest BCUT2D eigenvalue weighted by atomic mass is 9.92. The quantitative estimate of drug-likeness (QED) is 0.757. The minimum absolute atomic E-state index is 0. The first-order chi connectivity index (χ1) is 9.65. The van der Waals surface area contributed by atoms with Gasteiger partial charge in [0.15, 0.2) is 0 Å². The average molecular weight is 349 g/mol. The van der Waals surface area contributed by atoms with Gasteiger partial charge in [0.2, 0.25) is 5.91 Å². The van der Waals surface area contributed by atoms with Crippen molar-refractivity contribution in [3.8, 4) is 0 Å². The lowest BCUT2D eigenvalue weighted by Gasteiger charge is -2.26. The maximum Gasteiger partial charge on any atom is 0.270 e. The summed E-state index contributed by atoms with van der Waals surface area (Å²) in [7, 11) is 0. The van der Waals surface area contributed by atoms with Gasteiger partial charge in [-0.2, -0.15) is 0 Å². The van der Waals surface area contributed by atoms with Gasteiger partial charge in [0, 0.05) is 18.3 Å². The van der Waals surface area contributed by atoms with Crippen LogP contribution in [-0.2, 0) is 4.79 Å². The molecular weight excluding hydrogens is 327 g/mol. The van der Waals surface area contributed by atoms with Crippen molar-refractivity contribution in [2.45, 2.75) is 37.8 Å². The number of nitrogens with zero attached hydrogens (tertiary/aromatic N) is 1. The number of pyridine rings is 1. The second-order valence-corrected chi connectivity index (χ2v) is 5.08. The van der Waals surface area contributed by atoms with E-state index in [0.29, 0.717) is 5.69 Å². The van der Waals surface area contributed by atoms with Gasteiger partial charge in [-0.05, 0) is 37.8 Å². The van der Waals surface area contributed by atoms with Crippen molar-refractivity contribution in [1.82, 2.24) is 15.6 Å². The molecular formula is C14H22Cl2N4O2. The molecule has 1 aliphatic rings. The summed E-state index contributed by atoms with van der Waals surface area (Å²) in [6.07, 6.45) is 5.22. The summed E-state index contributed by atoms with van der Waals surface area (Å²) in [5.74, 6) is -0.513. The lowest BCUT2D eigenvalue weighted by Crippen LogP contribution is -2.44. The molecule has 0 unspecified atom stereocenters. The zero-order valence-corrected chi connectivity index (χ0v) is 13.8. The third-order valence-electron chi connectivity index (χ3n) is 3.44. The van der Waals surface area contributed by atoms with Crippen LogP contribution in [0.3, 0.4) is 0 Å². The van der Waals surface area contributed by atoms with Gasteiger partial charge in [0.05, 0.1) is 6.54 Å². The molecule has 0 aromatic carbocycles. The molecule has 1 aliphatic carbocycles. The minimum atomic E-state index is -0.341. The van der Waals surface area contributed by atoms with Crippen LogP contribution in [-0.4, -0.2) is 35.4 Å². The average Bonchev–Trinajstić information content (AvgIpc) is 2.48. The predicted molar refractivity (Wildman–Crippen MR) is 89.4 cm³/mol. The molecule has 0 aliphatic heterocycles. The summed E-state index contributed by atoms with van der Waals surface area (Å²) in [6.45, 7) is -0.0298. The summed E-state index contributed by atoms with van der Waals surface area (Å²) in [5, 5.41) is 5.48. The number of nitrogens with two attached hydrogens (primary N) is 1. The van der Waals surface area contributed by atoms with Crippen molar-refractivity contribution >= 4 is 36.6 Å². The molecule has 2 amide bonds. The van der Waals surface area contributed by atoms with Crippen molar-refractivity contribution < 1.29 is 9.59 Å². The number of carbonyl (C=O) groups excluding carboxylic acids is 2. The van der Waals surface area contributed by atoms with E-state index in [2.05, 4.69) is 15.6 Å². The molecule has 1 saturated carbocycles. The van der Waals surface area contributed by atoms with Crippen LogP contribution in [0.25, 0.3) is 0 Å². The van der Waals surface area contributed by atoms with Crippen LogP contribution in [0.4, 0.5) is 0 Å². The smallest absolute Gasteiger partial charge is 0.270 e. The number of carbonyl (C=O) groups is 2. The summed E-state index contributed by atoms with van der Waals surface area (Å²) >= 11 is 0. The van der Waals surface area contributed by atoms with Gasteiger partial charge in [-0.25, -0.2) is 0 Å². The maximum absolute atomic E-state index is 11.8. The molecule has 6 nitrogen and oxygen atoms in total. The summed E-state index contributed by atoms with van der Waals surface area (Å²) in [5.41, 5.74) is 6.12. The van der Waals surface area contributed by atoms with Gasteiger partial charge in [-0.1, -0.05) is 6.07 Å². The number of hydrogen-bond donors (Lipinski definition) is 3. The van der Waals surface area contributed by atoms with Crippen LogP contribution in [0.1, 0.15) is 36.2 Å². The van der Waals surface area contributed by atoms with Crippen molar-refractivity contribution in [3.05, 3.63) is 30.1 Å². The second kappa shape index (κ2) is 10.4. The Bertz CT molecular complexity index is 465. The van der Waals surface area contributed by atoms with E-state index in [0.717, 1.165) is 25.7 Å². The van der Waals surface area contributed by atoms with Gasteiger partial charge in [-0.3, -0.25) is 14.6 Å². The van der Waals surface area contributed by atoms with Crippen LogP contribution < -0.4 is 16.4 Å². The van der Waals surface area contributed by atoms with Crippen LogP contribution in [0.2, 0.25) is 0 Å². The van der Waals surface area contributed by atoms with Crippen LogP contribution in [0.5, 0.6) is 0 Å². The first kappa shape index (κ1) is 20.6. The lowest BCUT2D eigenvalue weighted by molar-refractivity contribution is -0.121. The SMILES string of the molecule is Cl.Cl.NC1CCC(NC(=O)CNC(=O)c2ccccn2)CC1. The Labute approximate surface area is 142 Å². The molecule has 0 bridgehead atoms. The Balaban J connectivity index is 0.00000220. The highest BCUT2D eigenvalue weighted by molar-refractivity contribution is 5.94. The van der Waals surface area contributed by atoms with Crippen molar-refractivity contribution in [3.63, 3.8) is 0 Å². The molecule has 22 heavy (non-hydrogen) atoms. The van der Waals surface area contributed by atoms with Crippen molar-refractivity contribution in [2.75, 3.05) is 6.54 Å². The molecule has 8 heteroatoms. The monoisotopic (exact) mass is 348 g/mol. The Morgan fingerprint density at radius 2 is 1.86 bits per heavy atom. The van der Waals surface area contributed by atoms with E-state index in [1.54, 1.807) is 24.4 Å². The zero-order valence-electron chi connectivity index (χ0n) is 12.2. The summed E-state index contributed by atoms with van der Waals surface area (Å²) in [6, 6.07) is 5.50. The number of halogens is 2. The largest absolute Gasteiger partial charge is 0.352 e. The van der Waals surface area contributed by atoms with Crippen LogP contribution in [0.15, 0.2) is 24.4 Å². The van der Waals surface area contributed by atoms with E-state index in [-0.39, 0.29) is 55.3 Å². The third kappa shape index (κ3) is 6.60. The highest BCUT2D eigenvalue weighted by Gasteiger charge is 2.20. The van der Waals surface area contributed by atoms with Gasteiger partial charge in [-0.15, -0.1) is 24.8 Å². The molecule has 0 spiro atoms. The molecule has 0 saturated heterocycles. The van der Waals surface area contributed by atoms with E-state index in [1.165, 1.54) is 0 Å². The molecule has 1 fully saturated rings. The summed E-state index contributed by atoms with van der Waals surface area (Å²) < 4.78 is 0. The molecule has 0 radical (unpaired) electrons. The summed E-state index contributed by atoms with van der Waals surface area (Å²) in [4.78, 5) is 27.4. The molecule has 1 aromatic heterocycles. The molecule has 0 atom stereocenters. The Kier molecular flexibility index (Phi) is 9.73. The molecule has 1 heterocycles. The number of nitrogens with one attached hydrogen (secondary N) is 2. The molecule has 2 rings (SSSR count). The van der Waals surface area contributed by atoms with E-state index >= 15 is 0 Å². The molecule has 1 aromatic rings. The molecule has 124 valence electrons. The predicted octanol–water partition coefficient (Wildman–Crippen LogP) is 1.04. The molecule has 4 N–H and O–H groups in total. The highest BCUT2D eigenvalue weighted by Crippen LogP contribution is 2.16. The van der Waals surface area contributed by atoms with Crippen LogP contribution in [0, 0.1) is 0 Å². The number of aromatic nitrogens is 1. The fourth-order valence-electron chi connectivity index (χ4n) is 2.29. The fourth-order valence-corrected chi connectivity index (χ4v) is 2.29. The highest BCUT2D eigenvalue weighted by atomic mass is 35.5. The Morgan fingerprint density at radius 3 is 2.45 bits per heavy atom. The number of amides is 2. The maximum atomic E-state index is 11.8. The Morgan fingerprint density at radius 1 is 1.18 bits per heavy atom. The van der Waals surface area contributed by atoms with Gasteiger partial charge < -0.3 is 16.4 Å². The van der Waals surface area contributed by atoms with Crippen molar-refractivity contribution in [1.29, 1.82) is 0 Å². The first-order valence-electron chi connectivity index (χ1n) is 6.89. The van der Waals surface area contributed by atoms with E-state index < -0.39 is 0 Å². The third-order valence-corrected chi connectivity index (χ3v) is 3.44. The minimum Gasteiger partial charge on any atom is -0.352 e. The Hall–Kier alpha value is -1.37.